The molecule has 0 amide bonds. The van der Waals surface area contributed by atoms with Crippen molar-refractivity contribution >= 4 is 11.3 Å². The maximum absolute atomic E-state index is 13.5. The van der Waals surface area contributed by atoms with Gasteiger partial charge in [0.25, 0.3) is 0 Å². The number of hydrogen-bond acceptors (Lipinski definition) is 3. The lowest BCUT2D eigenvalue weighted by Gasteiger charge is -2.09. The van der Waals surface area contributed by atoms with Gasteiger partial charge in [0.2, 0.25) is 0 Å². The molecule has 0 saturated heterocycles. The second kappa shape index (κ2) is 4.55. The van der Waals surface area contributed by atoms with Gasteiger partial charge in [0.15, 0.2) is 0 Å². The molecule has 0 bridgehead atoms. The van der Waals surface area contributed by atoms with Gasteiger partial charge in [0.05, 0.1) is 10.7 Å². The van der Waals surface area contributed by atoms with E-state index in [0.717, 1.165) is 30.1 Å². The molecule has 2 aromatic rings. The maximum Gasteiger partial charge on any atom is 0.126 e. The predicted octanol–water partition coefficient (Wildman–Crippen LogP) is 2.52. The summed E-state index contributed by atoms with van der Waals surface area (Å²) in [6.45, 7) is 1.90. The quantitative estimate of drug-likeness (QED) is 0.883. The van der Waals surface area contributed by atoms with Crippen LogP contribution in [0.2, 0.25) is 0 Å². The highest BCUT2D eigenvalue weighted by molar-refractivity contribution is 7.11. The molecule has 4 heteroatoms. The van der Waals surface area contributed by atoms with E-state index in [1.165, 1.54) is 16.6 Å². The lowest BCUT2D eigenvalue weighted by Crippen LogP contribution is -2.22. The summed E-state index contributed by atoms with van der Waals surface area (Å²) in [7, 11) is 0. The minimum atomic E-state index is -0.140. The van der Waals surface area contributed by atoms with E-state index in [1.54, 1.807) is 17.4 Å². The van der Waals surface area contributed by atoms with Crippen LogP contribution in [0.1, 0.15) is 21.1 Å². The Morgan fingerprint density at radius 1 is 1.35 bits per heavy atom. The van der Waals surface area contributed by atoms with E-state index in [4.69, 9.17) is 0 Å². The van der Waals surface area contributed by atoms with E-state index >= 15 is 0 Å². The van der Waals surface area contributed by atoms with Gasteiger partial charge in [-0.25, -0.2) is 9.37 Å². The average Bonchev–Trinajstić information content (AvgIpc) is 2.74. The number of nitrogens with one attached hydrogen (secondary N) is 1. The van der Waals surface area contributed by atoms with Crippen molar-refractivity contribution in [3.8, 4) is 0 Å². The lowest BCUT2D eigenvalue weighted by molar-refractivity contribution is 0.613. The highest BCUT2D eigenvalue weighted by atomic mass is 32.1. The first kappa shape index (κ1) is 10.9. The molecular formula is C13H13FN2S. The molecule has 0 unspecified atom stereocenters. The van der Waals surface area contributed by atoms with Gasteiger partial charge in [-0.3, -0.25) is 0 Å². The van der Waals surface area contributed by atoms with Crippen LogP contribution >= 0.6 is 11.3 Å². The highest BCUT2D eigenvalue weighted by Gasteiger charge is 2.15. The molecule has 17 heavy (non-hydrogen) atoms. The zero-order valence-electron chi connectivity index (χ0n) is 9.37. The molecule has 3 rings (SSSR count). The third-order valence-electron chi connectivity index (χ3n) is 2.95. The smallest absolute Gasteiger partial charge is 0.126 e. The van der Waals surface area contributed by atoms with Gasteiger partial charge in [0, 0.05) is 30.8 Å². The molecule has 0 aliphatic carbocycles. The van der Waals surface area contributed by atoms with Crippen LogP contribution in [0.5, 0.6) is 0 Å². The fourth-order valence-corrected chi connectivity index (χ4v) is 3.17. The fraction of sp³-hybridized carbons (Fsp3) is 0.308. The molecule has 2 heterocycles. The van der Waals surface area contributed by atoms with Crippen molar-refractivity contribution in [2.75, 3.05) is 6.54 Å². The molecule has 1 aliphatic rings. The molecule has 0 saturated carbocycles. The summed E-state index contributed by atoms with van der Waals surface area (Å²) in [6.07, 6.45) is 1.59. The summed E-state index contributed by atoms with van der Waals surface area (Å²) in [5.74, 6) is -0.140. The Labute approximate surface area is 104 Å². The topological polar surface area (TPSA) is 24.9 Å². The van der Waals surface area contributed by atoms with Crippen molar-refractivity contribution in [3.05, 3.63) is 51.2 Å². The first-order chi connectivity index (χ1) is 8.33. The van der Waals surface area contributed by atoms with E-state index in [0.29, 0.717) is 6.42 Å². The molecule has 0 fully saturated rings. The van der Waals surface area contributed by atoms with Gasteiger partial charge in [0.1, 0.15) is 5.82 Å². The normalized spacial score (nSPS) is 14.6. The summed E-state index contributed by atoms with van der Waals surface area (Å²) >= 11 is 1.70. The van der Waals surface area contributed by atoms with Crippen molar-refractivity contribution < 1.29 is 4.39 Å². The van der Waals surface area contributed by atoms with Crippen LogP contribution in [0, 0.1) is 5.82 Å². The number of aromatic nitrogens is 1. The molecule has 1 aliphatic heterocycles. The van der Waals surface area contributed by atoms with Crippen molar-refractivity contribution in [2.45, 2.75) is 19.4 Å². The molecule has 1 aromatic heterocycles. The number of nitrogens with zero attached hydrogens (tertiary/aromatic N) is 1. The van der Waals surface area contributed by atoms with Gasteiger partial charge in [-0.1, -0.05) is 18.2 Å². The number of fused-ring (bicyclic) bond motifs is 1. The number of thiazole rings is 1. The summed E-state index contributed by atoms with van der Waals surface area (Å²) < 4.78 is 13.5. The van der Waals surface area contributed by atoms with Crippen LogP contribution in [0.15, 0.2) is 24.3 Å². The summed E-state index contributed by atoms with van der Waals surface area (Å²) in [4.78, 5) is 5.91. The molecule has 2 nitrogen and oxygen atoms in total. The van der Waals surface area contributed by atoms with E-state index in [9.17, 15) is 4.39 Å². The largest absolute Gasteiger partial charge is 0.311 e. The first-order valence-corrected chi connectivity index (χ1v) is 6.56. The van der Waals surface area contributed by atoms with Crippen molar-refractivity contribution in [2.24, 2.45) is 0 Å². The van der Waals surface area contributed by atoms with Gasteiger partial charge in [-0.2, -0.15) is 0 Å². The minimum Gasteiger partial charge on any atom is -0.311 e. The zero-order valence-corrected chi connectivity index (χ0v) is 10.2. The SMILES string of the molecule is Fc1ccccc1Cc1nc2c(s1)CNCC2. The van der Waals surface area contributed by atoms with Crippen LogP contribution in [-0.4, -0.2) is 11.5 Å². The predicted molar refractivity (Wildman–Crippen MR) is 66.7 cm³/mol. The monoisotopic (exact) mass is 248 g/mol. The standard InChI is InChI=1S/C13H13FN2S/c14-10-4-2-1-3-9(10)7-13-16-11-5-6-15-8-12(11)17-13/h1-4,15H,5-8H2. The van der Waals surface area contributed by atoms with E-state index in [1.807, 2.05) is 12.1 Å². The van der Waals surface area contributed by atoms with Gasteiger partial charge >= 0.3 is 0 Å². The minimum absolute atomic E-state index is 0.140. The number of rotatable bonds is 2. The Bertz CT molecular complexity index is 512. The molecule has 88 valence electrons. The number of hydrogen-bond donors (Lipinski definition) is 1. The van der Waals surface area contributed by atoms with E-state index < -0.39 is 0 Å². The molecule has 0 radical (unpaired) electrons. The summed E-state index contributed by atoms with van der Waals surface area (Å²) in [5, 5.41) is 4.34. The van der Waals surface area contributed by atoms with Crippen molar-refractivity contribution in [1.82, 2.24) is 10.3 Å². The molecule has 0 atom stereocenters. The van der Waals surface area contributed by atoms with E-state index in [-0.39, 0.29) is 5.82 Å². The third-order valence-corrected chi connectivity index (χ3v) is 4.04. The second-order valence-corrected chi connectivity index (χ2v) is 5.34. The Morgan fingerprint density at radius 3 is 3.06 bits per heavy atom. The molecule has 0 spiro atoms. The molecule has 1 N–H and O–H groups in total. The van der Waals surface area contributed by atoms with Gasteiger partial charge in [-0.05, 0) is 11.6 Å². The Balaban J connectivity index is 1.86. The molecule has 1 aromatic carbocycles. The van der Waals surface area contributed by atoms with E-state index in [2.05, 4.69) is 10.3 Å². The Kier molecular flexibility index (Phi) is 2.91. The fourth-order valence-electron chi connectivity index (χ4n) is 2.06. The molecular weight excluding hydrogens is 235 g/mol. The Morgan fingerprint density at radius 2 is 2.24 bits per heavy atom. The highest BCUT2D eigenvalue weighted by Crippen LogP contribution is 2.24. The summed E-state index contributed by atoms with van der Waals surface area (Å²) in [6, 6.07) is 6.92. The maximum atomic E-state index is 13.5. The average molecular weight is 248 g/mol. The lowest BCUT2D eigenvalue weighted by atomic mass is 10.1. The first-order valence-electron chi connectivity index (χ1n) is 5.74. The summed E-state index contributed by atoms with van der Waals surface area (Å²) in [5.41, 5.74) is 1.92. The second-order valence-electron chi connectivity index (χ2n) is 4.17. The zero-order chi connectivity index (χ0) is 11.7. The van der Waals surface area contributed by atoms with Gasteiger partial charge in [-0.15, -0.1) is 11.3 Å². The van der Waals surface area contributed by atoms with Crippen LogP contribution in [0.4, 0.5) is 4.39 Å². The van der Waals surface area contributed by atoms with Crippen LogP contribution < -0.4 is 5.32 Å². The number of benzene rings is 1. The third kappa shape index (κ3) is 2.23. The van der Waals surface area contributed by atoms with Crippen molar-refractivity contribution in [3.63, 3.8) is 0 Å². The van der Waals surface area contributed by atoms with Crippen molar-refractivity contribution in [1.29, 1.82) is 0 Å². The number of halogens is 1. The van der Waals surface area contributed by atoms with Crippen LogP contribution in [0.25, 0.3) is 0 Å². The van der Waals surface area contributed by atoms with Crippen LogP contribution in [0.3, 0.4) is 0 Å². The van der Waals surface area contributed by atoms with Gasteiger partial charge < -0.3 is 5.32 Å². The Hall–Kier alpha value is -1.26. The van der Waals surface area contributed by atoms with Crippen LogP contribution in [-0.2, 0) is 19.4 Å².